The second-order valence-electron chi connectivity index (χ2n) is 4.25. The molecule has 2 aromatic rings. The summed E-state index contributed by atoms with van der Waals surface area (Å²) in [6, 6.07) is 12.9. The van der Waals surface area contributed by atoms with E-state index >= 15 is 0 Å². The van der Waals surface area contributed by atoms with Crippen LogP contribution in [0.1, 0.15) is 10.4 Å². The predicted octanol–water partition coefficient (Wildman–Crippen LogP) is 3.19. The molecule has 0 aliphatic heterocycles. The molecule has 0 aliphatic carbocycles. The molecular formula is C16H15NO4S. The summed E-state index contributed by atoms with van der Waals surface area (Å²) in [4.78, 5) is 24.3. The molecule has 1 heterocycles. The molecule has 5 nitrogen and oxygen atoms in total. The van der Waals surface area contributed by atoms with Crippen molar-refractivity contribution in [2.45, 2.75) is 6.61 Å². The van der Waals surface area contributed by atoms with Crippen molar-refractivity contribution in [3.8, 4) is 0 Å². The van der Waals surface area contributed by atoms with Crippen molar-refractivity contribution < 1.29 is 19.1 Å². The third-order valence-electron chi connectivity index (χ3n) is 2.68. The lowest BCUT2D eigenvalue weighted by molar-refractivity contribution is -0.136. The Hall–Kier alpha value is -2.60. The highest BCUT2D eigenvalue weighted by molar-refractivity contribution is 7.10. The average Bonchev–Trinajstić information content (AvgIpc) is 3.05. The normalized spacial score (nSPS) is 10.9. The molecule has 0 atom stereocenters. The van der Waals surface area contributed by atoms with Gasteiger partial charge in [-0.2, -0.15) is 0 Å². The molecule has 1 N–H and O–H groups in total. The number of thiophene rings is 1. The van der Waals surface area contributed by atoms with Crippen molar-refractivity contribution in [3.05, 3.63) is 64.0 Å². The standard InChI is InChI=1S/C16H15NO4S/c1-20-15(18)14(10-13-8-5-9-22-13)17-16(19)21-11-12-6-3-2-4-7-12/h2-10H,11H2,1H3,(H,17,19)/b14-10-. The molecule has 0 saturated heterocycles. The minimum Gasteiger partial charge on any atom is -0.464 e. The number of methoxy groups -OCH3 is 1. The van der Waals surface area contributed by atoms with Gasteiger partial charge in [0.1, 0.15) is 12.3 Å². The van der Waals surface area contributed by atoms with Crippen molar-refractivity contribution in [2.75, 3.05) is 7.11 Å². The predicted molar refractivity (Wildman–Crippen MR) is 84.1 cm³/mol. The highest BCUT2D eigenvalue weighted by atomic mass is 32.1. The van der Waals surface area contributed by atoms with Crippen LogP contribution >= 0.6 is 11.3 Å². The van der Waals surface area contributed by atoms with Gasteiger partial charge < -0.3 is 9.47 Å². The zero-order valence-electron chi connectivity index (χ0n) is 11.9. The van der Waals surface area contributed by atoms with Gasteiger partial charge in [0.25, 0.3) is 0 Å². The number of ether oxygens (including phenoxy) is 2. The van der Waals surface area contributed by atoms with Crippen molar-refractivity contribution in [2.24, 2.45) is 0 Å². The number of esters is 1. The lowest BCUT2D eigenvalue weighted by Gasteiger charge is -2.09. The van der Waals surface area contributed by atoms with Crippen LogP contribution < -0.4 is 5.32 Å². The fraction of sp³-hybridized carbons (Fsp3) is 0.125. The van der Waals surface area contributed by atoms with Crippen LogP contribution in [0.5, 0.6) is 0 Å². The molecule has 0 aliphatic rings. The van der Waals surface area contributed by atoms with E-state index in [9.17, 15) is 9.59 Å². The maximum Gasteiger partial charge on any atom is 0.412 e. The minimum atomic E-state index is -0.711. The zero-order valence-corrected chi connectivity index (χ0v) is 12.8. The number of carbonyl (C=O) groups excluding carboxylic acids is 2. The molecule has 22 heavy (non-hydrogen) atoms. The van der Waals surface area contributed by atoms with Crippen LogP contribution in [0.2, 0.25) is 0 Å². The maximum absolute atomic E-state index is 11.8. The summed E-state index contributed by atoms with van der Waals surface area (Å²) in [5, 5.41) is 4.28. The largest absolute Gasteiger partial charge is 0.464 e. The molecular weight excluding hydrogens is 302 g/mol. The van der Waals surface area contributed by atoms with Crippen molar-refractivity contribution in [3.63, 3.8) is 0 Å². The van der Waals surface area contributed by atoms with E-state index in [0.717, 1.165) is 10.4 Å². The van der Waals surface area contributed by atoms with E-state index in [-0.39, 0.29) is 12.3 Å². The lowest BCUT2D eigenvalue weighted by atomic mass is 10.2. The van der Waals surface area contributed by atoms with Gasteiger partial charge in [-0.1, -0.05) is 36.4 Å². The Bertz CT molecular complexity index is 650. The van der Waals surface area contributed by atoms with Crippen LogP contribution in [-0.2, 0) is 20.9 Å². The molecule has 1 aromatic carbocycles. The van der Waals surface area contributed by atoms with Gasteiger partial charge in [0.2, 0.25) is 0 Å². The van der Waals surface area contributed by atoms with Crippen molar-refractivity contribution in [1.29, 1.82) is 0 Å². The second kappa shape index (κ2) is 7.99. The number of alkyl carbamates (subject to hydrolysis) is 1. The van der Waals surface area contributed by atoms with E-state index < -0.39 is 12.1 Å². The summed E-state index contributed by atoms with van der Waals surface area (Å²) in [6.45, 7) is 0.125. The molecule has 0 spiro atoms. The first kappa shape index (κ1) is 15.8. The fourth-order valence-electron chi connectivity index (χ4n) is 1.64. The van der Waals surface area contributed by atoms with E-state index in [1.807, 2.05) is 47.8 Å². The SMILES string of the molecule is COC(=O)/C(=C/c1cccs1)NC(=O)OCc1ccccc1. The van der Waals surface area contributed by atoms with Crippen LogP contribution in [0.15, 0.2) is 53.5 Å². The molecule has 0 saturated carbocycles. The van der Waals surface area contributed by atoms with Gasteiger partial charge in [0, 0.05) is 4.88 Å². The Morgan fingerprint density at radius 2 is 1.95 bits per heavy atom. The van der Waals surface area contributed by atoms with E-state index in [1.165, 1.54) is 18.4 Å². The Morgan fingerprint density at radius 1 is 1.18 bits per heavy atom. The topological polar surface area (TPSA) is 64.6 Å². The molecule has 1 amide bonds. The number of hydrogen-bond acceptors (Lipinski definition) is 5. The smallest absolute Gasteiger partial charge is 0.412 e. The third-order valence-corrected chi connectivity index (χ3v) is 3.50. The summed E-state index contributed by atoms with van der Waals surface area (Å²) in [6.07, 6.45) is 0.831. The molecule has 0 unspecified atom stereocenters. The molecule has 1 aromatic heterocycles. The van der Waals surface area contributed by atoms with Crippen LogP contribution in [0.25, 0.3) is 6.08 Å². The van der Waals surface area contributed by atoms with E-state index in [2.05, 4.69) is 10.1 Å². The number of benzene rings is 1. The Balaban J connectivity index is 1.98. The highest BCUT2D eigenvalue weighted by Crippen LogP contribution is 2.13. The third kappa shape index (κ3) is 4.75. The fourth-order valence-corrected chi connectivity index (χ4v) is 2.30. The van der Waals surface area contributed by atoms with Crippen LogP contribution in [0.3, 0.4) is 0 Å². The number of carbonyl (C=O) groups is 2. The Morgan fingerprint density at radius 3 is 2.59 bits per heavy atom. The number of hydrogen-bond donors (Lipinski definition) is 1. The molecule has 114 valence electrons. The van der Waals surface area contributed by atoms with Gasteiger partial charge in [-0.05, 0) is 23.1 Å². The van der Waals surface area contributed by atoms with Gasteiger partial charge in [-0.3, -0.25) is 5.32 Å². The van der Waals surface area contributed by atoms with Crippen LogP contribution in [0.4, 0.5) is 4.79 Å². The Labute approximate surface area is 132 Å². The van der Waals surface area contributed by atoms with Gasteiger partial charge >= 0.3 is 12.1 Å². The quantitative estimate of drug-likeness (QED) is 0.679. The molecule has 6 heteroatoms. The molecule has 0 fully saturated rings. The molecule has 0 bridgehead atoms. The zero-order chi connectivity index (χ0) is 15.8. The van der Waals surface area contributed by atoms with Gasteiger partial charge in [0.15, 0.2) is 0 Å². The van der Waals surface area contributed by atoms with Crippen LogP contribution in [0, 0.1) is 0 Å². The minimum absolute atomic E-state index is 0.0306. The molecule has 0 radical (unpaired) electrons. The van der Waals surface area contributed by atoms with Crippen molar-refractivity contribution in [1.82, 2.24) is 5.32 Å². The average molecular weight is 317 g/mol. The first-order valence-electron chi connectivity index (χ1n) is 6.50. The molecule has 2 rings (SSSR count). The Kier molecular flexibility index (Phi) is 5.73. The van der Waals surface area contributed by atoms with E-state index in [1.54, 1.807) is 6.08 Å². The summed E-state index contributed by atoms with van der Waals surface area (Å²) in [5.74, 6) is -0.634. The number of amides is 1. The number of nitrogens with one attached hydrogen (secondary N) is 1. The monoisotopic (exact) mass is 317 g/mol. The first-order valence-corrected chi connectivity index (χ1v) is 7.38. The lowest BCUT2D eigenvalue weighted by Crippen LogP contribution is -2.28. The number of rotatable bonds is 5. The second-order valence-corrected chi connectivity index (χ2v) is 5.23. The summed E-state index contributed by atoms with van der Waals surface area (Å²) in [5.41, 5.74) is 0.891. The first-order chi connectivity index (χ1) is 10.7. The van der Waals surface area contributed by atoms with Crippen molar-refractivity contribution >= 4 is 29.5 Å². The maximum atomic E-state index is 11.8. The van der Waals surface area contributed by atoms with Gasteiger partial charge in [-0.15, -0.1) is 11.3 Å². The van der Waals surface area contributed by atoms with Crippen LogP contribution in [-0.4, -0.2) is 19.2 Å². The van der Waals surface area contributed by atoms with E-state index in [4.69, 9.17) is 4.74 Å². The van der Waals surface area contributed by atoms with E-state index in [0.29, 0.717) is 0 Å². The van der Waals surface area contributed by atoms with Gasteiger partial charge in [0.05, 0.1) is 7.11 Å². The highest BCUT2D eigenvalue weighted by Gasteiger charge is 2.14. The summed E-state index contributed by atoms with van der Waals surface area (Å²) >= 11 is 1.44. The summed E-state index contributed by atoms with van der Waals surface area (Å²) in [7, 11) is 1.25. The van der Waals surface area contributed by atoms with Gasteiger partial charge in [-0.25, -0.2) is 9.59 Å². The summed E-state index contributed by atoms with van der Waals surface area (Å²) < 4.78 is 9.73.